The molecule has 0 fully saturated rings. The molecule has 0 aromatic heterocycles. The molecule has 1 rings (SSSR count). The molecule has 0 saturated heterocycles. The molecule has 0 heterocycles. The van der Waals surface area contributed by atoms with E-state index in [0.29, 0.717) is 12.6 Å². The maximum atomic E-state index is 12.0. The molecule has 0 aliphatic rings. The Kier molecular flexibility index (Phi) is 6.53. The minimum absolute atomic E-state index is 0.00893. The molecule has 1 aromatic carbocycles. The van der Waals surface area contributed by atoms with Gasteiger partial charge in [-0.05, 0) is 45.3 Å². The Morgan fingerprint density at radius 3 is 2.74 bits per heavy atom. The highest BCUT2D eigenvalue weighted by molar-refractivity contribution is 5.94. The van der Waals surface area contributed by atoms with E-state index in [1.165, 1.54) is 0 Å². The number of amides is 1. The van der Waals surface area contributed by atoms with Gasteiger partial charge in [-0.25, -0.2) is 0 Å². The zero-order valence-corrected chi connectivity index (χ0v) is 12.4. The average molecular weight is 263 g/mol. The van der Waals surface area contributed by atoms with Crippen LogP contribution >= 0.6 is 0 Å². The maximum absolute atomic E-state index is 12.0. The van der Waals surface area contributed by atoms with Gasteiger partial charge in [0, 0.05) is 24.7 Å². The number of hydrogen-bond acceptors (Lipinski definition) is 3. The topological polar surface area (TPSA) is 44.4 Å². The number of likely N-dealkylation sites (N-methyl/N-ethyl adjacent to an activating group) is 1. The molecule has 0 radical (unpaired) electrons. The largest absolute Gasteiger partial charge is 0.350 e. The number of benzene rings is 1. The van der Waals surface area contributed by atoms with Crippen molar-refractivity contribution in [2.75, 3.05) is 27.2 Å². The van der Waals surface area contributed by atoms with Crippen molar-refractivity contribution in [3.05, 3.63) is 35.4 Å². The molecule has 2 N–H and O–H groups in total. The van der Waals surface area contributed by atoms with Crippen LogP contribution in [-0.2, 0) is 6.54 Å². The fourth-order valence-corrected chi connectivity index (χ4v) is 1.94. The summed E-state index contributed by atoms with van der Waals surface area (Å²) in [6, 6.07) is 8.07. The van der Waals surface area contributed by atoms with Crippen LogP contribution < -0.4 is 10.6 Å². The molecular weight excluding hydrogens is 238 g/mol. The average Bonchev–Trinajstić information content (AvgIpc) is 2.36. The van der Waals surface area contributed by atoms with Crippen molar-refractivity contribution < 1.29 is 4.79 Å². The van der Waals surface area contributed by atoms with E-state index in [9.17, 15) is 4.79 Å². The molecule has 106 valence electrons. The van der Waals surface area contributed by atoms with E-state index < -0.39 is 0 Å². The van der Waals surface area contributed by atoms with Crippen molar-refractivity contribution in [3.8, 4) is 0 Å². The molecule has 0 aliphatic heterocycles. The van der Waals surface area contributed by atoms with Crippen molar-refractivity contribution in [2.24, 2.45) is 0 Å². The second-order valence-corrected chi connectivity index (χ2v) is 5.11. The van der Waals surface area contributed by atoms with Gasteiger partial charge in [0.1, 0.15) is 0 Å². The number of hydrogen-bond donors (Lipinski definition) is 2. The molecule has 4 nitrogen and oxygen atoms in total. The predicted octanol–water partition coefficient (Wildman–Crippen LogP) is 1.48. The van der Waals surface area contributed by atoms with Crippen molar-refractivity contribution >= 4 is 5.91 Å². The highest BCUT2D eigenvalue weighted by Gasteiger charge is 2.08. The van der Waals surface area contributed by atoms with E-state index in [2.05, 4.69) is 29.4 Å². The highest BCUT2D eigenvalue weighted by atomic mass is 16.1. The van der Waals surface area contributed by atoms with Crippen LogP contribution in [0.3, 0.4) is 0 Å². The van der Waals surface area contributed by atoms with Crippen LogP contribution in [0.25, 0.3) is 0 Å². The van der Waals surface area contributed by atoms with Gasteiger partial charge in [0.25, 0.3) is 5.91 Å². The molecule has 0 bridgehead atoms. The summed E-state index contributed by atoms with van der Waals surface area (Å²) in [6.45, 7) is 6.52. The second-order valence-electron chi connectivity index (χ2n) is 5.11. The molecule has 0 spiro atoms. The SMILES string of the molecule is CCN[C@H](C)CNC(=O)c1cccc(CN(C)C)c1. The van der Waals surface area contributed by atoms with E-state index >= 15 is 0 Å². The molecule has 19 heavy (non-hydrogen) atoms. The van der Waals surface area contributed by atoms with Crippen LogP contribution in [-0.4, -0.2) is 44.0 Å². The summed E-state index contributed by atoms with van der Waals surface area (Å²) in [5.41, 5.74) is 1.88. The summed E-state index contributed by atoms with van der Waals surface area (Å²) < 4.78 is 0. The fraction of sp³-hybridized carbons (Fsp3) is 0.533. The molecule has 0 aliphatic carbocycles. The number of nitrogens with zero attached hydrogens (tertiary/aromatic N) is 1. The van der Waals surface area contributed by atoms with Gasteiger partial charge in [-0.3, -0.25) is 4.79 Å². The number of carbonyl (C=O) groups is 1. The van der Waals surface area contributed by atoms with Gasteiger partial charge in [-0.15, -0.1) is 0 Å². The zero-order valence-electron chi connectivity index (χ0n) is 12.4. The number of rotatable bonds is 7. The van der Waals surface area contributed by atoms with Crippen LogP contribution in [0.4, 0.5) is 0 Å². The highest BCUT2D eigenvalue weighted by Crippen LogP contribution is 2.07. The minimum atomic E-state index is -0.00893. The van der Waals surface area contributed by atoms with Gasteiger partial charge in [0.15, 0.2) is 0 Å². The molecular formula is C15H25N3O. The molecule has 1 aromatic rings. The summed E-state index contributed by atoms with van der Waals surface area (Å²) in [5, 5.41) is 6.22. The van der Waals surface area contributed by atoms with Crippen molar-refractivity contribution in [2.45, 2.75) is 26.4 Å². The lowest BCUT2D eigenvalue weighted by Gasteiger charge is -2.14. The Hall–Kier alpha value is -1.39. The molecule has 0 saturated carbocycles. The van der Waals surface area contributed by atoms with Crippen LogP contribution in [0.2, 0.25) is 0 Å². The lowest BCUT2D eigenvalue weighted by Crippen LogP contribution is -2.38. The Bertz CT molecular complexity index is 404. The normalized spacial score (nSPS) is 12.5. The second kappa shape index (κ2) is 7.92. The third kappa shape index (κ3) is 5.85. The van der Waals surface area contributed by atoms with Gasteiger partial charge in [0.2, 0.25) is 0 Å². The van der Waals surface area contributed by atoms with E-state index in [1.54, 1.807) is 0 Å². The van der Waals surface area contributed by atoms with Crippen LogP contribution in [0.1, 0.15) is 29.8 Å². The Morgan fingerprint density at radius 1 is 1.37 bits per heavy atom. The van der Waals surface area contributed by atoms with Crippen LogP contribution in [0.5, 0.6) is 0 Å². The van der Waals surface area contributed by atoms with Gasteiger partial charge in [0.05, 0.1) is 0 Å². The van der Waals surface area contributed by atoms with E-state index in [1.807, 2.05) is 38.4 Å². The summed E-state index contributed by atoms with van der Waals surface area (Å²) >= 11 is 0. The first kappa shape index (κ1) is 15.7. The van der Waals surface area contributed by atoms with Crippen LogP contribution in [0.15, 0.2) is 24.3 Å². The Labute approximate surface area is 116 Å². The van der Waals surface area contributed by atoms with E-state index in [-0.39, 0.29) is 5.91 Å². The fourth-order valence-electron chi connectivity index (χ4n) is 1.94. The Morgan fingerprint density at radius 2 is 2.11 bits per heavy atom. The van der Waals surface area contributed by atoms with Crippen molar-refractivity contribution in [3.63, 3.8) is 0 Å². The third-order valence-corrected chi connectivity index (χ3v) is 2.81. The van der Waals surface area contributed by atoms with Gasteiger partial charge in [-0.1, -0.05) is 19.1 Å². The standard InChI is InChI=1S/C15H25N3O/c1-5-16-12(2)10-17-15(19)14-8-6-7-13(9-14)11-18(3)4/h6-9,12,16H,5,10-11H2,1-4H3,(H,17,19)/t12-/m1/s1. The molecule has 0 unspecified atom stereocenters. The molecule has 1 atom stereocenters. The zero-order chi connectivity index (χ0) is 14.3. The third-order valence-electron chi connectivity index (χ3n) is 2.81. The minimum Gasteiger partial charge on any atom is -0.350 e. The van der Waals surface area contributed by atoms with E-state index in [0.717, 1.165) is 24.2 Å². The summed E-state index contributed by atoms with van der Waals surface area (Å²) in [5.74, 6) is -0.00893. The van der Waals surface area contributed by atoms with E-state index in [4.69, 9.17) is 0 Å². The maximum Gasteiger partial charge on any atom is 0.251 e. The lowest BCUT2D eigenvalue weighted by molar-refractivity contribution is 0.0950. The molecule has 1 amide bonds. The van der Waals surface area contributed by atoms with Gasteiger partial charge in [-0.2, -0.15) is 0 Å². The van der Waals surface area contributed by atoms with Gasteiger partial charge < -0.3 is 15.5 Å². The monoisotopic (exact) mass is 263 g/mol. The number of carbonyl (C=O) groups excluding carboxylic acids is 1. The molecule has 4 heteroatoms. The van der Waals surface area contributed by atoms with Crippen molar-refractivity contribution in [1.82, 2.24) is 15.5 Å². The summed E-state index contributed by atoms with van der Waals surface area (Å²) in [4.78, 5) is 14.1. The van der Waals surface area contributed by atoms with Gasteiger partial charge >= 0.3 is 0 Å². The summed E-state index contributed by atoms with van der Waals surface area (Å²) in [6.07, 6.45) is 0. The van der Waals surface area contributed by atoms with Crippen molar-refractivity contribution in [1.29, 1.82) is 0 Å². The smallest absolute Gasteiger partial charge is 0.251 e. The van der Waals surface area contributed by atoms with Crippen LogP contribution in [0, 0.1) is 0 Å². The summed E-state index contributed by atoms with van der Waals surface area (Å²) in [7, 11) is 4.04. The Balaban J connectivity index is 2.56. The lowest BCUT2D eigenvalue weighted by atomic mass is 10.1. The quantitative estimate of drug-likeness (QED) is 0.783. The first-order valence-electron chi connectivity index (χ1n) is 6.78. The predicted molar refractivity (Wildman–Crippen MR) is 79.3 cm³/mol. The first-order valence-corrected chi connectivity index (χ1v) is 6.78. The number of nitrogens with one attached hydrogen (secondary N) is 2. The first-order chi connectivity index (χ1) is 9.02.